The predicted octanol–water partition coefficient (Wildman–Crippen LogP) is 0.532. The summed E-state index contributed by atoms with van der Waals surface area (Å²) in [5, 5.41) is 23.7. The third kappa shape index (κ3) is 6.26. The molecule has 0 bridgehead atoms. The SMILES string of the molecule is COC(=O)C1=CC2OC(=O)C(C)C2(O)C(OC(C)=O)C2C(C)C(O)CC(OC(C)=O)C2(C)C(OC(C)=O)CC1OC(C)=O. The van der Waals surface area contributed by atoms with Crippen molar-refractivity contribution in [2.75, 3.05) is 7.11 Å². The van der Waals surface area contributed by atoms with E-state index in [9.17, 15) is 39.0 Å². The van der Waals surface area contributed by atoms with E-state index in [2.05, 4.69) is 0 Å². The Labute approximate surface area is 248 Å². The van der Waals surface area contributed by atoms with Gasteiger partial charge in [0.25, 0.3) is 0 Å². The molecule has 14 nitrogen and oxygen atoms in total. The summed E-state index contributed by atoms with van der Waals surface area (Å²) in [6.07, 6.45) is -7.99. The number of fused-ring (bicyclic) bond motifs is 2. The van der Waals surface area contributed by atoms with Crippen LogP contribution in [-0.4, -0.2) is 95.4 Å². The highest BCUT2D eigenvalue weighted by atomic mass is 16.6. The van der Waals surface area contributed by atoms with Gasteiger partial charge in [0.05, 0.1) is 24.7 Å². The van der Waals surface area contributed by atoms with Gasteiger partial charge < -0.3 is 38.6 Å². The van der Waals surface area contributed by atoms with Crippen LogP contribution in [0, 0.1) is 23.2 Å². The fourth-order valence-electron chi connectivity index (χ4n) is 6.92. The minimum Gasteiger partial charge on any atom is -0.466 e. The Morgan fingerprint density at radius 3 is 1.88 bits per heavy atom. The molecule has 11 unspecified atom stereocenters. The lowest BCUT2D eigenvalue weighted by Crippen LogP contribution is -2.69. The van der Waals surface area contributed by atoms with Crippen LogP contribution in [-0.2, 0) is 57.2 Å². The smallest absolute Gasteiger partial charge is 0.337 e. The summed E-state index contributed by atoms with van der Waals surface area (Å²) < 4.78 is 33.3. The van der Waals surface area contributed by atoms with E-state index in [0.29, 0.717) is 0 Å². The third-order valence-corrected chi connectivity index (χ3v) is 9.01. The van der Waals surface area contributed by atoms with Crippen molar-refractivity contribution < 1.29 is 67.4 Å². The molecular weight excluding hydrogens is 572 g/mol. The largest absolute Gasteiger partial charge is 0.466 e. The van der Waals surface area contributed by atoms with Gasteiger partial charge in [-0.05, 0) is 18.9 Å². The second kappa shape index (κ2) is 12.6. The van der Waals surface area contributed by atoms with Crippen LogP contribution in [0.15, 0.2) is 11.6 Å². The van der Waals surface area contributed by atoms with Gasteiger partial charge in [0.15, 0.2) is 11.7 Å². The summed E-state index contributed by atoms with van der Waals surface area (Å²) in [4.78, 5) is 76.0. The van der Waals surface area contributed by atoms with Gasteiger partial charge in [0, 0.05) is 51.9 Å². The van der Waals surface area contributed by atoms with E-state index in [1.165, 1.54) is 6.92 Å². The first kappa shape index (κ1) is 34.0. The van der Waals surface area contributed by atoms with Crippen molar-refractivity contribution in [3.8, 4) is 0 Å². The van der Waals surface area contributed by atoms with E-state index < -0.39 is 108 Å². The Morgan fingerprint density at radius 2 is 1.40 bits per heavy atom. The Bertz CT molecular complexity index is 1190. The van der Waals surface area contributed by atoms with Gasteiger partial charge in [-0.2, -0.15) is 0 Å². The van der Waals surface area contributed by atoms with E-state index in [1.54, 1.807) is 13.8 Å². The van der Waals surface area contributed by atoms with E-state index in [-0.39, 0.29) is 12.0 Å². The number of esters is 6. The van der Waals surface area contributed by atoms with Crippen LogP contribution in [0.1, 0.15) is 61.3 Å². The van der Waals surface area contributed by atoms with Crippen LogP contribution in [0.25, 0.3) is 0 Å². The summed E-state index contributed by atoms with van der Waals surface area (Å²) in [6, 6.07) is 0. The van der Waals surface area contributed by atoms with Gasteiger partial charge >= 0.3 is 35.8 Å². The number of ether oxygens (including phenoxy) is 6. The average molecular weight is 613 g/mol. The Kier molecular flexibility index (Phi) is 9.96. The second-order valence-corrected chi connectivity index (χ2v) is 11.7. The average Bonchev–Trinajstić information content (AvgIpc) is 3.11. The molecule has 3 rings (SSSR count). The first-order chi connectivity index (χ1) is 19.9. The number of hydrogen-bond acceptors (Lipinski definition) is 14. The molecule has 0 aromatic rings. The van der Waals surface area contributed by atoms with E-state index in [1.807, 2.05) is 0 Å². The molecule has 0 aromatic heterocycles. The standard InChI is InChI=1S/C29H40O14/c1-12-19(34)10-21(40-15(4)31)28(7)22(41-16(5)32)11-20(39-14(3)30)18(27(36)38-8)9-23-29(37,13(2)26(35)43-23)25(24(12)28)42-17(6)33/h9,12-13,19-25,34,37H,10-11H2,1-8H3. The second-order valence-electron chi connectivity index (χ2n) is 11.7. The lowest BCUT2D eigenvalue weighted by atomic mass is 9.52. The number of methoxy groups -OCH3 is 1. The highest BCUT2D eigenvalue weighted by Gasteiger charge is 2.69. The molecule has 240 valence electrons. The molecule has 11 atom stereocenters. The topological polar surface area (TPSA) is 198 Å². The number of hydrogen-bond donors (Lipinski definition) is 2. The van der Waals surface area contributed by atoms with E-state index >= 15 is 0 Å². The normalized spacial score (nSPS) is 39.1. The molecule has 0 spiro atoms. The van der Waals surface area contributed by atoms with E-state index in [4.69, 9.17) is 28.4 Å². The van der Waals surface area contributed by atoms with Crippen LogP contribution in [0.4, 0.5) is 0 Å². The van der Waals surface area contributed by atoms with Gasteiger partial charge in [-0.25, -0.2) is 4.79 Å². The number of carbonyl (C=O) groups excluding carboxylic acids is 6. The maximum atomic E-state index is 13.1. The molecule has 0 aromatic carbocycles. The monoisotopic (exact) mass is 612 g/mol. The Hall–Kier alpha value is -3.52. The number of carbonyl (C=O) groups is 6. The van der Waals surface area contributed by atoms with Gasteiger partial charge in [-0.1, -0.05) is 13.8 Å². The summed E-state index contributed by atoms with van der Waals surface area (Å²) in [5.41, 5.74) is -4.34. The van der Waals surface area contributed by atoms with Crippen molar-refractivity contribution in [1.29, 1.82) is 0 Å². The molecule has 0 amide bonds. The van der Waals surface area contributed by atoms with Crippen LogP contribution in [0.3, 0.4) is 0 Å². The van der Waals surface area contributed by atoms with Gasteiger partial charge in [-0.3, -0.25) is 24.0 Å². The zero-order valence-corrected chi connectivity index (χ0v) is 25.5. The first-order valence-corrected chi connectivity index (χ1v) is 14.0. The highest BCUT2D eigenvalue weighted by Crippen LogP contribution is 2.56. The quantitative estimate of drug-likeness (QED) is 0.322. The van der Waals surface area contributed by atoms with Crippen molar-refractivity contribution in [3.63, 3.8) is 0 Å². The molecule has 3 aliphatic rings. The van der Waals surface area contributed by atoms with Crippen LogP contribution >= 0.6 is 0 Å². The number of aliphatic hydroxyl groups excluding tert-OH is 1. The van der Waals surface area contributed by atoms with Gasteiger partial charge in [0.2, 0.25) is 0 Å². The lowest BCUT2D eigenvalue weighted by molar-refractivity contribution is -0.252. The van der Waals surface area contributed by atoms with Crippen LogP contribution < -0.4 is 0 Å². The van der Waals surface area contributed by atoms with Crippen LogP contribution in [0.2, 0.25) is 0 Å². The predicted molar refractivity (Wildman–Crippen MR) is 142 cm³/mol. The van der Waals surface area contributed by atoms with Crippen molar-refractivity contribution in [2.45, 2.75) is 104 Å². The maximum Gasteiger partial charge on any atom is 0.337 e. The molecule has 14 heteroatoms. The summed E-state index contributed by atoms with van der Waals surface area (Å²) in [7, 11) is 1.06. The molecule has 1 heterocycles. The maximum absolute atomic E-state index is 13.1. The molecular formula is C29H40O14. The molecule has 1 saturated carbocycles. The zero-order chi connectivity index (χ0) is 32.6. The summed E-state index contributed by atoms with van der Waals surface area (Å²) >= 11 is 0. The van der Waals surface area contributed by atoms with Crippen molar-refractivity contribution in [1.82, 2.24) is 0 Å². The minimum absolute atomic E-state index is 0.150. The Balaban J connectivity index is 2.52. The number of aliphatic hydroxyl groups is 2. The highest BCUT2D eigenvalue weighted by molar-refractivity contribution is 5.90. The molecule has 0 radical (unpaired) electrons. The molecule has 2 fully saturated rings. The first-order valence-electron chi connectivity index (χ1n) is 14.0. The minimum atomic E-state index is -2.39. The molecule has 2 aliphatic carbocycles. The summed E-state index contributed by atoms with van der Waals surface area (Å²) in [5.74, 6) is -8.50. The fourth-order valence-corrected chi connectivity index (χ4v) is 6.92. The number of rotatable bonds is 5. The molecule has 43 heavy (non-hydrogen) atoms. The van der Waals surface area contributed by atoms with Crippen molar-refractivity contribution in [3.05, 3.63) is 11.6 Å². The van der Waals surface area contributed by atoms with Crippen molar-refractivity contribution in [2.24, 2.45) is 23.2 Å². The third-order valence-electron chi connectivity index (χ3n) is 9.01. The zero-order valence-electron chi connectivity index (χ0n) is 25.5. The van der Waals surface area contributed by atoms with Crippen LogP contribution in [0.5, 0.6) is 0 Å². The molecule has 2 N–H and O–H groups in total. The van der Waals surface area contributed by atoms with Gasteiger partial charge in [0.1, 0.15) is 24.4 Å². The lowest BCUT2D eigenvalue weighted by Gasteiger charge is -2.58. The fraction of sp³-hybridized carbons (Fsp3) is 0.724. The molecule has 1 aliphatic heterocycles. The van der Waals surface area contributed by atoms with E-state index in [0.717, 1.165) is 40.9 Å². The van der Waals surface area contributed by atoms with Gasteiger partial charge in [-0.15, -0.1) is 0 Å². The Morgan fingerprint density at radius 1 is 0.884 bits per heavy atom. The summed E-state index contributed by atoms with van der Waals surface area (Å²) in [6.45, 7) is 8.95. The molecule has 1 saturated heterocycles. The van der Waals surface area contributed by atoms with Crippen molar-refractivity contribution >= 4 is 35.8 Å².